The Bertz CT molecular complexity index is 1070. The number of aliphatic hydroxyl groups excluding tert-OH is 1. The molecule has 0 aromatic carbocycles. The van der Waals surface area contributed by atoms with Crippen LogP contribution in [0.3, 0.4) is 0 Å². The van der Waals surface area contributed by atoms with E-state index in [-0.39, 0.29) is 0 Å². The molecule has 16 nitrogen and oxygen atoms in total. The van der Waals surface area contributed by atoms with E-state index in [9.17, 15) is 49.2 Å². The maximum Gasteiger partial charge on any atom is 0.424 e. The number of hydrogen-bond donors (Lipinski definition) is 4. The largest absolute Gasteiger partial charge is 0.451 e. The van der Waals surface area contributed by atoms with Gasteiger partial charge in [-0.2, -0.15) is 0 Å². The Labute approximate surface area is 200 Å². The Balaban J connectivity index is 2.07. The zero-order valence-electron chi connectivity index (χ0n) is 18.9. The third kappa shape index (κ3) is 3.43. The van der Waals surface area contributed by atoms with E-state index >= 15 is 0 Å². The Morgan fingerprint density at radius 3 is 1.75 bits per heavy atom. The minimum absolute atomic E-state index is 0.867. The summed E-state index contributed by atoms with van der Waals surface area (Å²) in [6.07, 6.45) is -9.81. The summed E-state index contributed by atoms with van der Waals surface area (Å²) in [5.74, 6) is -16.5. The van der Waals surface area contributed by atoms with Crippen LogP contribution in [-0.4, -0.2) is 97.0 Å². The topological polar surface area (TPSA) is 239 Å². The molecule has 4 fully saturated rings. The quantitative estimate of drug-likeness (QED) is 0.210. The molecule has 0 aromatic heterocycles. The van der Waals surface area contributed by atoms with Crippen molar-refractivity contribution in [2.45, 2.75) is 86.7 Å². The van der Waals surface area contributed by atoms with Gasteiger partial charge < -0.3 is 48.8 Å². The van der Waals surface area contributed by atoms with E-state index in [1.165, 1.54) is 0 Å². The number of ether oxygens (including phenoxy) is 6. The molecule has 0 radical (unpaired) electrons. The molecular weight excluding hydrogens is 496 g/mol. The molecule has 7 unspecified atom stereocenters. The van der Waals surface area contributed by atoms with Gasteiger partial charge in [-0.1, -0.05) is 6.92 Å². The number of aliphatic hydroxyl groups is 4. The van der Waals surface area contributed by atoms with E-state index in [2.05, 4.69) is 0 Å². The monoisotopic (exact) mass is 518 g/mol. The third-order valence-corrected chi connectivity index (χ3v) is 6.43. The van der Waals surface area contributed by atoms with Crippen molar-refractivity contribution < 1.29 is 77.6 Å². The predicted molar refractivity (Wildman–Crippen MR) is 101 cm³/mol. The van der Waals surface area contributed by atoms with Crippen LogP contribution in [0.1, 0.15) is 46.0 Å². The molecule has 0 amide bonds. The summed E-state index contributed by atoms with van der Waals surface area (Å²) in [5.41, 5.74) is -8.95. The first-order valence-corrected chi connectivity index (χ1v) is 10.7. The minimum Gasteiger partial charge on any atom is -0.451 e. The van der Waals surface area contributed by atoms with E-state index in [1.54, 1.807) is 0 Å². The van der Waals surface area contributed by atoms with Gasteiger partial charge in [0.05, 0.1) is 31.8 Å². The summed E-state index contributed by atoms with van der Waals surface area (Å²) in [6.45, 7) is 2.08. The van der Waals surface area contributed by atoms with Crippen LogP contribution < -0.4 is 0 Å². The standard InChI is InChI=1S/C20H22O16/c1-3-18(20(30)34-12(25)7-17(29,15(27)36-20)5-10(23)32-18)19-13(8(2)21)31-9(22)4-16(28,14(26)35-19)6-11(24)33-19/h8,13,21,28-30H,3-7H2,1-2H3. The number of esters is 6. The van der Waals surface area contributed by atoms with Crippen LogP contribution in [-0.2, 0) is 57.2 Å². The van der Waals surface area contributed by atoms with Crippen molar-refractivity contribution in [1.82, 2.24) is 0 Å². The van der Waals surface area contributed by atoms with E-state index < -0.39 is 109 Å². The Morgan fingerprint density at radius 2 is 1.22 bits per heavy atom. The van der Waals surface area contributed by atoms with Gasteiger partial charge in [0.2, 0.25) is 6.10 Å². The second-order valence-corrected chi connectivity index (χ2v) is 9.05. The van der Waals surface area contributed by atoms with Crippen LogP contribution in [0, 0.1) is 0 Å². The number of cyclic esters (lactones) is 2. The highest BCUT2D eigenvalue weighted by atomic mass is 16.9. The average Bonchev–Trinajstić information content (AvgIpc) is 2.83. The van der Waals surface area contributed by atoms with E-state index in [0.717, 1.165) is 13.8 Å². The summed E-state index contributed by atoms with van der Waals surface area (Å²) < 4.78 is 30.8. The summed E-state index contributed by atoms with van der Waals surface area (Å²) in [5, 5.41) is 43.2. The van der Waals surface area contributed by atoms with Gasteiger partial charge in [-0.15, -0.1) is 0 Å². The predicted octanol–water partition coefficient (Wildman–Crippen LogP) is -3.44. The molecule has 0 aliphatic carbocycles. The van der Waals surface area contributed by atoms with E-state index in [4.69, 9.17) is 28.4 Å². The molecule has 4 rings (SSSR count). The number of hydrogen-bond acceptors (Lipinski definition) is 16. The number of fused-ring (bicyclic) bond motifs is 6. The minimum atomic E-state index is -3.79. The highest BCUT2D eigenvalue weighted by Crippen LogP contribution is 2.53. The lowest BCUT2D eigenvalue weighted by molar-refractivity contribution is -0.459. The molecule has 4 bridgehead atoms. The lowest BCUT2D eigenvalue weighted by Crippen LogP contribution is -2.79. The summed E-state index contributed by atoms with van der Waals surface area (Å²) in [6, 6.07) is 0. The maximum atomic E-state index is 13.1. The third-order valence-electron chi connectivity index (χ3n) is 6.43. The van der Waals surface area contributed by atoms with Gasteiger partial charge in [-0.05, 0) is 6.92 Å². The second-order valence-electron chi connectivity index (χ2n) is 9.05. The zero-order valence-corrected chi connectivity index (χ0v) is 18.9. The zero-order chi connectivity index (χ0) is 26.9. The molecule has 0 aromatic rings. The Hall–Kier alpha value is -3.34. The number of rotatable bonds is 3. The molecule has 0 spiro atoms. The first-order chi connectivity index (χ1) is 16.6. The smallest absolute Gasteiger partial charge is 0.424 e. The van der Waals surface area contributed by atoms with Gasteiger partial charge in [-0.3, -0.25) is 19.2 Å². The molecule has 4 saturated heterocycles. The summed E-state index contributed by atoms with van der Waals surface area (Å²) >= 11 is 0. The lowest BCUT2D eigenvalue weighted by atomic mass is 9.80. The van der Waals surface area contributed by atoms with Gasteiger partial charge in [0.25, 0.3) is 5.60 Å². The molecule has 198 valence electrons. The van der Waals surface area contributed by atoms with E-state index in [1.807, 2.05) is 0 Å². The number of carbonyl (C=O) groups is 6. The fourth-order valence-corrected chi connectivity index (χ4v) is 4.74. The van der Waals surface area contributed by atoms with Gasteiger partial charge in [0, 0.05) is 6.42 Å². The van der Waals surface area contributed by atoms with Gasteiger partial charge in [-0.25, -0.2) is 9.59 Å². The van der Waals surface area contributed by atoms with Crippen LogP contribution in [0.25, 0.3) is 0 Å². The fraction of sp³-hybridized carbons (Fsp3) is 0.700. The SMILES string of the molecule is CCC1(C23OC(=O)CC(O)(CC(=O)OC2C(C)O)C(=O)O3)OC(=O)CC2(O)CC(=O)OC1(O)OC2=O. The molecule has 36 heavy (non-hydrogen) atoms. The first-order valence-electron chi connectivity index (χ1n) is 10.7. The van der Waals surface area contributed by atoms with Crippen LogP contribution in [0.4, 0.5) is 0 Å². The van der Waals surface area contributed by atoms with Crippen molar-refractivity contribution >= 4 is 35.8 Å². The molecule has 4 aliphatic rings. The first kappa shape index (κ1) is 25.7. The molecule has 0 saturated carbocycles. The van der Waals surface area contributed by atoms with Crippen molar-refractivity contribution in [2.24, 2.45) is 0 Å². The Morgan fingerprint density at radius 1 is 0.750 bits per heavy atom. The van der Waals surface area contributed by atoms with Gasteiger partial charge in [0.1, 0.15) is 0 Å². The van der Waals surface area contributed by atoms with Crippen LogP contribution >= 0.6 is 0 Å². The van der Waals surface area contributed by atoms with Gasteiger partial charge >= 0.3 is 47.6 Å². The molecule has 7 atom stereocenters. The highest BCUT2D eigenvalue weighted by molar-refractivity contribution is 5.94. The van der Waals surface area contributed by atoms with Crippen molar-refractivity contribution in [2.75, 3.05) is 0 Å². The molecule has 4 heterocycles. The van der Waals surface area contributed by atoms with Crippen molar-refractivity contribution in [3.05, 3.63) is 0 Å². The molecule has 4 aliphatic heterocycles. The average molecular weight is 518 g/mol. The van der Waals surface area contributed by atoms with Crippen LogP contribution in [0.5, 0.6) is 0 Å². The Kier molecular flexibility index (Phi) is 5.60. The van der Waals surface area contributed by atoms with Crippen LogP contribution in [0.15, 0.2) is 0 Å². The maximum absolute atomic E-state index is 13.1. The summed E-state index contributed by atoms with van der Waals surface area (Å²) in [4.78, 5) is 76.6. The normalized spacial score (nSPS) is 43.7. The highest BCUT2D eigenvalue weighted by Gasteiger charge is 2.83. The summed E-state index contributed by atoms with van der Waals surface area (Å²) in [7, 11) is 0. The molecule has 4 N–H and O–H groups in total. The van der Waals surface area contributed by atoms with E-state index in [0.29, 0.717) is 0 Å². The second kappa shape index (κ2) is 7.83. The fourth-order valence-electron chi connectivity index (χ4n) is 4.74. The van der Waals surface area contributed by atoms with Gasteiger partial charge in [0.15, 0.2) is 11.2 Å². The van der Waals surface area contributed by atoms with Crippen molar-refractivity contribution in [3.63, 3.8) is 0 Å². The van der Waals surface area contributed by atoms with Crippen molar-refractivity contribution in [1.29, 1.82) is 0 Å². The number of carbonyl (C=O) groups excluding carboxylic acids is 6. The molecule has 16 heteroatoms. The van der Waals surface area contributed by atoms with Crippen molar-refractivity contribution in [3.8, 4) is 0 Å². The molecular formula is C20H22O16. The van der Waals surface area contributed by atoms with Crippen LogP contribution in [0.2, 0.25) is 0 Å². The lowest BCUT2D eigenvalue weighted by Gasteiger charge is -2.53.